The number of halogens is 1. The molecule has 1 aromatic carbocycles. The number of thioether (sulfide) groups is 1. The Kier molecular flexibility index (Phi) is 6.49. The Hall–Kier alpha value is -2.27. The van der Waals surface area contributed by atoms with Crippen molar-refractivity contribution in [2.75, 3.05) is 17.3 Å². The Balaban J connectivity index is 2.68. The van der Waals surface area contributed by atoms with E-state index >= 15 is 0 Å². The predicted octanol–water partition coefficient (Wildman–Crippen LogP) is 2.03. The van der Waals surface area contributed by atoms with Crippen LogP contribution in [0.5, 0.6) is 0 Å². The predicted molar refractivity (Wildman–Crippen MR) is 77.7 cm³/mol. The number of carbonyl (C=O) groups is 2. The molecule has 2 amide bonds. The third kappa shape index (κ3) is 5.31. The highest BCUT2D eigenvalue weighted by Gasteiger charge is 2.19. The van der Waals surface area contributed by atoms with Crippen molar-refractivity contribution >= 4 is 29.4 Å². The highest BCUT2D eigenvalue weighted by Crippen LogP contribution is 2.13. The van der Waals surface area contributed by atoms with Crippen LogP contribution in [-0.4, -0.2) is 35.2 Å². The SMILES string of the molecule is CSCC[C@@H](NC(=O)Nc1ccc(F)c(C#N)c1)C(=O)O. The molecule has 0 heterocycles. The first-order chi connectivity index (χ1) is 9.97. The van der Waals surface area contributed by atoms with E-state index in [1.54, 1.807) is 6.07 Å². The number of benzene rings is 1. The van der Waals surface area contributed by atoms with Gasteiger partial charge < -0.3 is 15.7 Å². The summed E-state index contributed by atoms with van der Waals surface area (Å²) in [7, 11) is 0. The average Bonchev–Trinajstić information content (AvgIpc) is 2.45. The lowest BCUT2D eigenvalue weighted by Crippen LogP contribution is -2.43. The number of hydrogen-bond acceptors (Lipinski definition) is 4. The lowest BCUT2D eigenvalue weighted by molar-refractivity contribution is -0.139. The number of anilines is 1. The molecule has 0 fully saturated rings. The van der Waals surface area contributed by atoms with Crippen molar-refractivity contribution in [3.8, 4) is 6.07 Å². The van der Waals surface area contributed by atoms with Crippen LogP contribution in [0.15, 0.2) is 18.2 Å². The van der Waals surface area contributed by atoms with E-state index in [0.29, 0.717) is 5.75 Å². The molecule has 3 N–H and O–H groups in total. The van der Waals surface area contributed by atoms with Gasteiger partial charge in [0.05, 0.1) is 5.56 Å². The summed E-state index contributed by atoms with van der Waals surface area (Å²) >= 11 is 1.47. The molecule has 0 radical (unpaired) electrons. The number of carbonyl (C=O) groups excluding carboxylic acids is 1. The Morgan fingerprint density at radius 3 is 2.81 bits per heavy atom. The summed E-state index contributed by atoms with van der Waals surface area (Å²) in [6.07, 6.45) is 2.12. The molecular formula is C13H14FN3O3S. The van der Waals surface area contributed by atoms with Crippen molar-refractivity contribution in [1.29, 1.82) is 5.26 Å². The molecule has 6 nitrogen and oxygen atoms in total. The van der Waals surface area contributed by atoms with Crippen LogP contribution in [0.3, 0.4) is 0 Å². The van der Waals surface area contributed by atoms with Crippen LogP contribution >= 0.6 is 11.8 Å². The molecule has 0 bridgehead atoms. The van der Waals surface area contributed by atoms with Crippen LogP contribution in [0.25, 0.3) is 0 Å². The number of amides is 2. The molecule has 0 unspecified atom stereocenters. The Labute approximate surface area is 125 Å². The van der Waals surface area contributed by atoms with Crippen molar-refractivity contribution in [3.05, 3.63) is 29.6 Å². The third-order valence-electron chi connectivity index (χ3n) is 2.56. The first-order valence-corrected chi connectivity index (χ1v) is 7.36. The van der Waals surface area contributed by atoms with Crippen molar-refractivity contribution in [2.45, 2.75) is 12.5 Å². The fraction of sp³-hybridized carbons (Fsp3) is 0.308. The van der Waals surface area contributed by atoms with Crippen molar-refractivity contribution in [1.82, 2.24) is 5.32 Å². The summed E-state index contributed by atoms with van der Waals surface area (Å²) in [5.74, 6) is -1.23. The lowest BCUT2D eigenvalue weighted by atomic mass is 10.2. The largest absolute Gasteiger partial charge is 0.480 e. The number of nitrogens with one attached hydrogen (secondary N) is 2. The van der Waals surface area contributed by atoms with Gasteiger partial charge in [0.2, 0.25) is 0 Å². The van der Waals surface area contributed by atoms with Gasteiger partial charge in [0.15, 0.2) is 0 Å². The zero-order valence-corrected chi connectivity index (χ0v) is 12.0. The third-order valence-corrected chi connectivity index (χ3v) is 3.20. The second kappa shape index (κ2) is 8.11. The van der Waals surface area contributed by atoms with Crippen molar-refractivity contribution in [2.24, 2.45) is 0 Å². The molecule has 1 atom stereocenters. The van der Waals surface area contributed by atoms with Gasteiger partial charge in [-0.2, -0.15) is 17.0 Å². The van der Waals surface area contributed by atoms with Gasteiger partial charge in [-0.25, -0.2) is 14.0 Å². The van der Waals surface area contributed by atoms with E-state index in [4.69, 9.17) is 10.4 Å². The summed E-state index contributed by atoms with van der Waals surface area (Å²) in [6, 6.07) is 3.43. The number of aliphatic carboxylic acids is 1. The van der Waals surface area contributed by atoms with Crippen LogP contribution in [0.2, 0.25) is 0 Å². The van der Waals surface area contributed by atoms with E-state index in [1.807, 2.05) is 6.26 Å². The summed E-state index contributed by atoms with van der Waals surface area (Å²) < 4.78 is 13.1. The van der Waals surface area contributed by atoms with E-state index < -0.39 is 23.9 Å². The molecule has 8 heteroatoms. The first kappa shape index (κ1) is 16.8. The second-order valence-corrected chi connectivity index (χ2v) is 5.06. The van der Waals surface area contributed by atoms with Crippen molar-refractivity contribution < 1.29 is 19.1 Å². The standard InChI is InChI=1S/C13H14FN3O3S/c1-21-5-4-11(12(18)19)17-13(20)16-9-2-3-10(14)8(6-9)7-15/h2-3,6,11H,4-5H2,1H3,(H,18,19)(H2,16,17,20)/t11-/m1/s1. The van der Waals surface area contributed by atoms with Gasteiger partial charge >= 0.3 is 12.0 Å². The molecular weight excluding hydrogens is 297 g/mol. The van der Waals surface area contributed by atoms with E-state index in [9.17, 15) is 14.0 Å². The van der Waals surface area contributed by atoms with Crippen LogP contribution in [0.1, 0.15) is 12.0 Å². The van der Waals surface area contributed by atoms with Gasteiger partial charge in [-0.15, -0.1) is 0 Å². The minimum atomic E-state index is -1.13. The molecule has 0 aliphatic carbocycles. The maximum atomic E-state index is 13.1. The zero-order valence-electron chi connectivity index (χ0n) is 11.2. The topological polar surface area (TPSA) is 102 Å². The van der Waals surface area contributed by atoms with Gasteiger partial charge in [-0.1, -0.05) is 0 Å². The Morgan fingerprint density at radius 2 is 2.24 bits per heavy atom. The molecule has 0 aromatic heterocycles. The van der Waals surface area contributed by atoms with E-state index in [2.05, 4.69) is 10.6 Å². The quantitative estimate of drug-likeness (QED) is 0.746. The second-order valence-electron chi connectivity index (χ2n) is 4.08. The van der Waals surface area contributed by atoms with E-state index in [1.165, 1.54) is 23.9 Å². The number of carboxylic acid groups (broad SMARTS) is 1. The molecule has 0 spiro atoms. The Bertz CT molecular complexity index is 574. The highest BCUT2D eigenvalue weighted by atomic mass is 32.2. The lowest BCUT2D eigenvalue weighted by Gasteiger charge is -2.14. The number of nitriles is 1. The number of hydrogen-bond donors (Lipinski definition) is 3. The maximum Gasteiger partial charge on any atom is 0.326 e. The van der Waals surface area contributed by atoms with Gasteiger partial charge in [-0.05, 0) is 36.6 Å². The van der Waals surface area contributed by atoms with Crippen LogP contribution in [-0.2, 0) is 4.79 Å². The van der Waals surface area contributed by atoms with Crippen LogP contribution in [0.4, 0.5) is 14.9 Å². The molecule has 1 rings (SSSR count). The molecule has 0 saturated heterocycles. The number of carboxylic acids is 1. The zero-order chi connectivity index (χ0) is 15.8. The molecule has 0 aliphatic heterocycles. The highest BCUT2D eigenvalue weighted by molar-refractivity contribution is 7.98. The van der Waals surface area contributed by atoms with Gasteiger partial charge in [0.25, 0.3) is 0 Å². The summed E-state index contributed by atoms with van der Waals surface area (Å²) in [4.78, 5) is 22.7. The molecule has 112 valence electrons. The number of urea groups is 1. The summed E-state index contributed by atoms with van der Waals surface area (Å²) in [5.41, 5.74) is 0.00410. The average molecular weight is 311 g/mol. The minimum Gasteiger partial charge on any atom is -0.480 e. The fourth-order valence-electron chi connectivity index (χ4n) is 1.51. The maximum absolute atomic E-state index is 13.1. The number of nitrogens with zero attached hydrogens (tertiary/aromatic N) is 1. The van der Waals surface area contributed by atoms with Gasteiger partial charge in [0.1, 0.15) is 17.9 Å². The summed E-state index contributed by atoms with van der Waals surface area (Å²) in [6.45, 7) is 0. The molecule has 21 heavy (non-hydrogen) atoms. The number of rotatable bonds is 6. The molecule has 0 aliphatic rings. The normalized spacial score (nSPS) is 11.3. The van der Waals surface area contributed by atoms with Gasteiger partial charge in [0, 0.05) is 5.69 Å². The van der Waals surface area contributed by atoms with Crippen LogP contribution < -0.4 is 10.6 Å². The van der Waals surface area contributed by atoms with E-state index in [0.717, 1.165) is 6.07 Å². The smallest absolute Gasteiger partial charge is 0.326 e. The van der Waals surface area contributed by atoms with Crippen molar-refractivity contribution in [3.63, 3.8) is 0 Å². The molecule has 1 aromatic rings. The van der Waals surface area contributed by atoms with Crippen LogP contribution in [0, 0.1) is 17.1 Å². The summed E-state index contributed by atoms with van der Waals surface area (Å²) in [5, 5.41) is 22.4. The first-order valence-electron chi connectivity index (χ1n) is 5.96. The minimum absolute atomic E-state index is 0.204. The Morgan fingerprint density at radius 1 is 1.52 bits per heavy atom. The van der Waals surface area contributed by atoms with E-state index in [-0.39, 0.29) is 17.7 Å². The fourth-order valence-corrected chi connectivity index (χ4v) is 1.98. The van der Waals surface area contributed by atoms with Gasteiger partial charge in [-0.3, -0.25) is 0 Å². The molecule has 0 saturated carbocycles. The monoisotopic (exact) mass is 311 g/mol.